The summed E-state index contributed by atoms with van der Waals surface area (Å²) in [4.78, 5) is 17.9. The molecule has 0 spiro atoms. The first-order chi connectivity index (χ1) is 16.3. The lowest BCUT2D eigenvalue weighted by Crippen LogP contribution is -2.36. The zero-order valence-electron chi connectivity index (χ0n) is 21.0. The van der Waals surface area contributed by atoms with Gasteiger partial charge in [0.2, 0.25) is 0 Å². The second-order valence-electron chi connectivity index (χ2n) is 10.4. The highest BCUT2D eigenvalue weighted by molar-refractivity contribution is 5.94. The third-order valence-corrected chi connectivity index (χ3v) is 6.62. The number of hydrogen-bond acceptors (Lipinski definition) is 4. The molecule has 1 saturated carbocycles. The van der Waals surface area contributed by atoms with E-state index in [2.05, 4.69) is 41.6 Å². The van der Waals surface area contributed by atoms with Crippen LogP contribution in [0.15, 0.2) is 38.5 Å². The fourth-order valence-electron chi connectivity index (χ4n) is 4.98. The van der Waals surface area contributed by atoms with Gasteiger partial charge in [-0.15, -0.1) is 0 Å². The molecule has 184 valence electrons. The van der Waals surface area contributed by atoms with Crippen molar-refractivity contribution in [2.24, 2.45) is 10.9 Å². The minimum Gasteiger partial charge on any atom is -0.507 e. The normalized spacial score (nSPS) is 17.8. The van der Waals surface area contributed by atoms with Gasteiger partial charge in [0.1, 0.15) is 11.5 Å². The number of aliphatic imine (C=N–C) groups is 1. The number of guanidine groups is 1. The number of rotatable bonds is 6. The Morgan fingerprint density at radius 2 is 1.82 bits per heavy atom. The summed E-state index contributed by atoms with van der Waals surface area (Å²) in [6.07, 6.45) is 7.91. The van der Waals surface area contributed by atoms with E-state index in [0.717, 1.165) is 74.1 Å². The van der Waals surface area contributed by atoms with Gasteiger partial charge in [0.05, 0.1) is 5.56 Å². The highest BCUT2D eigenvalue weighted by Crippen LogP contribution is 2.49. The number of anilines is 1. The molecule has 1 aromatic carbocycles. The summed E-state index contributed by atoms with van der Waals surface area (Å²) in [7, 11) is 0. The number of aromatic hydroxyl groups is 1. The SMILES string of the molecule is CC(C)/N=C(\Nc1cccc(C(c2c(O)c3c(oc2=O)CCCCCC3)C2CC2)c1)NC(C)C. The van der Waals surface area contributed by atoms with E-state index in [0.29, 0.717) is 17.2 Å². The zero-order chi connectivity index (χ0) is 24.2. The molecule has 1 heterocycles. The van der Waals surface area contributed by atoms with Crippen LogP contribution in [0, 0.1) is 5.92 Å². The van der Waals surface area contributed by atoms with E-state index in [4.69, 9.17) is 4.42 Å². The van der Waals surface area contributed by atoms with E-state index in [1.54, 1.807) is 0 Å². The van der Waals surface area contributed by atoms with E-state index in [-0.39, 0.29) is 29.4 Å². The van der Waals surface area contributed by atoms with Crippen LogP contribution in [0.1, 0.15) is 94.6 Å². The molecule has 0 radical (unpaired) electrons. The molecule has 1 fully saturated rings. The lowest BCUT2D eigenvalue weighted by molar-refractivity contribution is 0.382. The van der Waals surface area contributed by atoms with Crippen LogP contribution in [0.25, 0.3) is 0 Å². The number of fused-ring (bicyclic) bond motifs is 1. The Morgan fingerprint density at radius 3 is 2.50 bits per heavy atom. The molecule has 6 heteroatoms. The van der Waals surface area contributed by atoms with Gasteiger partial charge in [-0.2, -0.15) is 0 Å². The Bertz CT molecular complexity index is 1080. The molecular weight excluding hydrogens is 426 g/mol. The van der Waals surface area contributed by atoms with E-state index < -0.39 is 0 Å². The van der Waals surface area contributed by atoms with Crippen LogP contribution in [-0.2, 0) is 12.8 Å². The standard InChI is InChI=1S/C28H39N3O3/c1-17(2)29-28(30-18(3)4)31-21-11-9-10-20(16-21)24(19-14-15-19)25-26(32)22-12-7-5-6-8-13-23(22)34-27(25)33/h9-11,16-19,24,32H,5-8,12-15H2,1-4H3,(H2,29,30,31). The van der Waals surface area contributed by atoms with Gasteiger partial charge in [-0.1, -0.05) is 25.0 Å². The van der Waals surface area contributed by atoms with E-state index >= 15 is 0 Å². The molecule has 0 amide bonds. The van der Waals surface area contributed by atoms with Gasteiger partial charge in [-0.05, 0) is 83.4 Å². The summed E-state index contributed by atoms with van der Waals surface area (Å²) in [5, 5.41) is 18.1. The van der Waals surface area contributed by atoms with Gasteiger partial charge >= 0.3 is 5.63 Å². The molecule has 0 aliphatic heterocycles. The number of nitrogens with zero attached hydrogens (tertiary/aromatic N) is 1. The third kappa shape index (κ3) is 5.83. The second-order valence-corrected chi connectivity index (χ2v) is 10.4. The number of benzene rings is 1. The van der Waals surface area contributed by atoms with Gasteiger partial charge in [0.25, 0.3) is 0 Å². The molecule has 0 saturated heterocycles. The summed E-state index contributed by atoms with van der Waals surface area (Å²) < 4.78 is 5.85. The second kappa shape index (κ2) is 10.7. The first-order valence-corrected chi connectivity index (χ1v) is 12.9. The van der Waals surface area contributed by atoms with Crippen LogP contribution < -0.4 is 16.3 Å². The average Bonchev–Trinajstić information content (AvgIpc) is 3.57. The van der Waals surface area contributed by atoms with Crippen molar-refractivity contribution in [2.75, 3.05) is 5.32 Å². The van der Waals surface area contributed by atoms with Crippen molar-refractivity contribution in [1.82, 2.24) is 5.32 Å². The summed E-state index contributed by atoms with van der Waals surface area (Å²) in [6, 6.07) is 8.55. The number of aryl methyl sites for hydroxylation is 1. The van der Waals surface area contributed by atoms with Crippen molar-refractivity contribution in [1.29, 1.82) is 0 Å². The van der Waals surface area contributed by atoms with Crippen LogP contribution in [0.3, 0.4) is 0 Å². The molecular formula is C28H39N3O3. The zero-order valence-corrected chi connectivity index (χ0v) is 21.0. The predicted molar refractivity (Wildman–Crippen MR) is 138 cm³/mol. The lowest BCUT2D eigenvalue weighted by atomic mass is 9.85. The maximum absolute atomic E-state index is 13.2. The van der Waals surface area contributed by atoms with Crippen LogP contribution in [-0.4, -0.2) is 23.1 Å². The molecule has 0 bridgehead atoms. The number of hydrogen-bond donors (Lipinski definition) is 3. The van der Waals surface area contributed by atoms with Crippen molar-refractivity contribution in [3.8, 4) is 5.75 Å². The van der Waals surface area contributed by atoms with Gasteiger partial charge in [0, 0.05) is 35.7 Å². The minimum atomic E-state index is -0.379. The minimum absolute atomic E-state index is 0.154. The van der Waals surface area contributed by atoms with Crippen LogP contribution >= 0.6 is 0 Å². The average molecular weight is 466 g/mol. The lowest BCUT2D eigenvalue weighted by Gasteiger charge is -2.22. The third-order valence-electron chi connectivity index (χ3n) is 6.62. The van der Waals surface area contributed by atoms with Crippen molar-refractivity contribution < 1.29 is 9.52 Å². The summed E-state index contributed by atoms with van der Waals surface area (Å²) in [5.41, 5.74) is 2.84. The van der Waals surface area contributed by atoms with Crippen molar-refractivity contribution in [2.45, 2.75) is 97.1 Å². The maximum atomic E-state index is 13.2. The molecule has 2 aliphatic rings. The Balaban J connectivity index is 1.71. The van der Waals surface area contributed by atoms with Gasteiger partial charge in [-0.3, -0.25) is 4.99 Å². The predicted octanol–water partition coefficient (Wildman–Crippen LogP) is 5.72. The van der Waals surface area contributed by atoms with Gasteiger partial charge in [-0.25, -0.2) is 4.79 Å². The largest absolute Gasteiger partial charge is 0.507 e. The van der Waals surface area contributed by atoms with E-state index in [9.17, 15) is 9.90 Å². The monoisotopic (exact) mass is 465 g/mol. The Kier molecular flexibility index (Phi) is 7.64. The smallest absolute Gasteiger partial charge is 0.343 e. The van der Waals surface area contributed by atoms with Gasteiger partial charge in [0.15, 0.2) is 5.96 Å². The van der Waals surface area contributed by atoms with Crippen LogP contribution in [0.4, 0.5) is 5.69 Å². The number of nitrogens with one attached hydrogen (secondary N) is 2. The first kappa shape index (κ1) is 24.4. The van der Waals surface area contributed by atoms with Crippen LogP contribution in [0.5, 0.6) is 5.75 Å². The molecule has 34 heavy (non-hydrogen) atoms. The topological polar surface area (TPSA) is 86.9 Å². The highest BCUT2D eigenvalue weighted by atomic mass is 16.4. The van der Waals surface area contributed by atoms with E-state index in [1.165, 1.54) is 0 Å². The highest BCUT2D eigenvalue weighted by Gasteiger charge is 2.38. The fraction of sp³-hybridized carbons (Fsp3) is 0.571. The molecule has 1 aromatic heterocycles. The fourth-order valence-corrected chi connectivity index (χ4v) is 4.98. The van der Waals surface area contributed by atoms with Crippen LogP contribution in [0.2, 0.25) is 0 Å². The molecule has 1 unspecified atom stereocenters. The molecule has 4 rings (SSSR count). The van der Waals surface area contributed by atoms with Gasteiger partial charge < -0.3 is 20.2 Å². The molecule has 1 atom stereocenters. The maximum Gasteiger partial charge on any atom is 0.343 e. The Hall–Kier alpha value is -2.76. The summed E-state index contributed by atoms with van der Waals surface area (Å²) >= 11 is 0. The molecule has 3 N–H and O–H groups in total. The summed E-state index contributed by atoms with van der Waals surface area (Å²) in [5.74, 6) is 1.76. The first-order valence-electron chi connectivity index (χ1n) is 12.9. The molecule has 6 nitrogen and oxygen atoms in total. The Morgan fingerprint density at radius 1 is 1.09 bits per heavy atom. The Labute approximate surface area is 202 Å². The summed E-state index contributed by atoms with van der Waals surface area (Å²) in [6.45, 7) is 8.26. The van der Waals surface area contributed by atoms with Crippen molar-refractivity contribution in [3.05, 3.63) is 57.1 Å². The van der Waals surface area contributed by atoms with Crippen molar-refractivity contribution >= 4 is 11.6 Å². The quantitative estimate of drug-likeness (QED) is 0.375. The molecule has 2 aromatic rings. The van der Waals surface area contributed by atoms with E-state index in [1.807, 2.05) is 26.0 Å². The molecule has 2 aliphatic carbocycles. The van der Waals surface area contributed by atoms with Crippen molar-refractivity contribution in [3.63, 3.8) is 0 Å².